The van der Waals surface area contributed by atoms with Gasteiger partial charge in [0.2, 0.25) is 0 Å². The van der Waals surface area contributed by atoms with Gasteiger partial charge in [0, 0.05) is 32.7 Å². The summed E-state index contributed by atoms with van der Waals surface area (Å²) in [5, 5.41) is 8.79. The van der Waals surface area contributed by atoms with E-state index >= 15 is 0 Å². The summed E-state index contributed by atoms with van der Waals surface area (Å²) in [4.78, 5) is 3.32. The summed E-state index contributed by atoms with van der Waals surface area (Å²) in [6.07, 6.45) is -4.17. The Hall–Kier alpha value is -1.65. The minimum absolute atomic E-state index is 0.251. The molecule has 0 saturated carbocycles. The molecule has 0 unspecified atom stereocenters. The van der Waals surface area contributed by atoms with E-state index in [0.717, 1.165) is 6.07 Å². The van der Waals surface area contributed by atoms with Crippen LogP contribution in [0, 0.1) is 17.1 Å². The molecule has 0 spiro atoms. The summed E-state index contributed by atoms with van der Waals surface area (Å²) in [5.74, 6) is -0.472. The number of nitrogens with zero attached hydrogens (tertiary/aromatic N) is 3. The quantitative estimate of drug-likeness (QED) is 0.803. The van der Waals surface area contributed by atoms with Crippen LogP contribution in [-0.4, -0.2) is 48.7 Å². The van der Waals surface area contributed by atoms with Crippen molar-refractivity contribution in [1.82, 2.24) is 9.80 Å². The van der Waals surface area contributed by atoms with E-state index < -0.39 is 18.5 Å². The summed E-state index contributed by atoms with van der Waals surface area (Å²) >= 11 is 0. The smallest absolute Gasteiger partial charge is 0.297 e. The Morgan fingerprint density at radius 1 is 1.05 bits per heavy atom. The molecule has 0 amide bonds. The largest absolute Gasteiger partial charge is 0.401 e. The van der Waals surface area contributed by atoms with E-state index in [1.807, 2.05) is 11.0 Å². The molecule has 1 fully saturated rings. The fourth-order valence-corrected chi connectivity index (χ4v) is 2.42. The number of hydrogen-bond acceptors (Lipinski definition) is 3. The highest BCUT2D eigenvalue weighted by Gasteiger charge is 2.32. The lowest BCUT2D eigenvalue weighted by atomic mass is 10.1. The van der Waals surface area contributed by atoms with Crippen LogP contribution in [0.5, 0.6) is 0 Å². The van der Waals surface area contributed by atoms with Crippen molar-refractivity contribution < 1.29 is 17.6 Å². The molecule has 0 aromatic heterocycles. The fourth-order valence-electron chi connectivity index (χ4n) is 2.42. The second kappa shape index (κ2) is 6.41. The van der Waals surface area contributed by atoms with E-state index in [9.17, 15) is 17.6 Å². The maximum atomic E-state index is 13.3. The third-order valence-corrected chi connectivity index (χ3v) is 3.36. The maximum absolute atomic E-state index is 13.3. The number of nitriles is 1. The van der Waals surface area contributed by atoms with Gasteiger partial charge in [-0.15, -0.1) is 0 Å². The Morgan fingerprint density at radius 3 is 2.24 bits per heavy atom. The van der Waals surface area contributed by atoms with E-state index in [2.05, 4.69) is 0 Å². The number of benzene rings is 1. The van der Waals surface area contributed by atoms with Crippen LogP contribution in [0.2, 0.25) is 0 Å². The summed E-state index contributed by atoms with van der Waals surface area (Å²) in [5.41, 5.74) is 0.913. The molecule has 114 valence electrons. The van der Waals surface area contributed by atoms with E-state index in [1.54, 1.807) is 6.07 Å². The Bertz CT molecular complexity index is 528. The van der Waals surface area contributed by atoms with Crippen LogP contribution in [0.4, 0.5) is 17.6 Å². The van der Waals surface area contributed by atoms with Crippen molar-refractivity contribution in [1.29, 1.82) is 5.26 Å². The van der Waals surface area contributed by atoms with Crippen molar-refractivity contribution in [2.45, 2.75) is 12.7 Å². The number of halogens is 4. The molecular weight excluding hydrogens is 286 g/mol. The fraction of sp³-hybridized carbons (Fsp3) is 0.500. The van der Waals surface area contributed by atoms with Crippen molar-refractivity contribution in [2.24, 2.45) is 0 Å². The first-order chi connectivity index (χ1) is 9.85. The average molecular weight is 301 g/mol. The molecule has 1 aromatic carbocycles. The van der Waals surface area contributed by atoms with E-state index in [0.29, 0.717) is 38.3 Å². The van der Waals surface area contributed by atoms with Crippen molar-refractivity contribution >= 4 is 0 Å². The minimum Gasteiger partial charge on any atom is -0.297 e. The van der Waals surface area contributed by atoms with Crippen LogP contribution < -0.4 is 0 Å². The third-order valence-electron chi connectivity index (χ3n) is 3.36. The summed E-state index contributed by atoms with van der Waals surface area (Å²) < 4.78 is 50.2. The first kappa shape index (κ1) is 15.7. The third kappa shape index (κ3) is 4.99. The van der Waals surface area contributed by atoms with Crippen LogP contribution in [0.25, 0.3) is 0 Å². The molecule has 2 rings (SSSR count). The molecule has 21 heavy (non-hydrogen) atoms. The molecule has 1 aromatic rings. The van der Waals surface area contributed by atoms with Crippen molar-refractivity contribution in [3.05, 3.63) is 35.1 Å². The first-order valence-corrected chi connectivity index (χ1v) is 6.57. The summed E-state index contributed by atoms with van der Waals surface area (Å²) in [6, 6.07) is 6.00. The van der Waals surface area contributed by atoms with Gasteiger partial charge < -0.3 is 0 Å². The highest BCUT2D eigenvalue weighted by atomic mass is 19.4. The molecule has 0 bridgehead atoms. The zero-order chi connectivity index (χ0) is 15.5. The Morgan fingerprint density at radius 2 is 1.67 bits per heavy atom. The molecule has 7 heteroatoms. The maximum Gasteiger partial charge on any atom is 0.401 e. The van der Waals surface area contributed by atoms with Crippen LogP contribution in [0.15, 0.2) is 18.2 Å². The molecule has 0 N–H and O–H groups in total. The highest BCUT2D eigenvalue weighted by molar-refractivity contribution is 5.33. The van der Waals surface area contributed by atoms with Gasteiger partial charge in [0.25, 0.3) is 0 Å². The Kier molecular flexibility index (Phi) is 4.80. The second-order valence-corrected chi connectivity index (χ2v) is 5.13. The van der Waals surface area contributed by atoms with Gasteiger partial charge in [-0.05, 0) is 23.8 Å². The van der Waals surface area contributed by atoms with Gasteiger partial charge in [0.1, 0.15) is 5.82 Å². The summed E-state index contributed by atoms with van der Waals surface area (Å²) in [6.45, 7) is 1.20. The van der Waals surface area contributed by atoms with Gasteiger partial charge in [-0.3, -0.25) is 9.80 Å². The van der Waals surface area contributed by atoms with Crippen molar-refractivity contribution in [3.8, 4) is 6.07 Å². The van der Waals surface area contributed by atoms with Crippen molar-refractivity contribution in [3.63, 3.8) is 0 Å². The normalized spacial score (nSPS) is 17.7. The number of hydrogen-bond donors (Lipinski definition) is 0. The Labute approximate surface area is 120 Å². The van der Waals surface area contributed by atoms with Gasteiger partial charge in [0.05, 0.1) is 18.2 Å². The molecule has 1 heterocycles. The van der Waals surface area contributed by atoms with Crippen LogP contribution >= 0.6 is 0 Å². The van der Waals surface area contributed by atoms with E-state index in [-0.39, 0.29) is 5.56 Å². The second-order valence-electron chi connectivity index (χ2n) is 5.13. The lowest BCUT2D eigenvalue weighted by Crippen LogP contribution is -2.48. The Balaban J connectivity index is 1.89. The van der Waals surface area contributed by atoms with Crippen LogP contribution in [-0.2, 0) is 6.54 Å². The SMILES string of the molecule is N#Cc1cc(F)cc(CN2CCN(CC(F)(F)F)CC2)c1. The predicted octanol–water partition coefficient (Wildman–Crippen LogP) is 2.38. The molecule has 1 saturated heterocycles. The number of rotatable bonds is 3. The lowest BCUT2D eigenvalue weighted by molar-refractivity contribution is -0.149. The van der Waals surface area contributed by atoms with Crippen LogP contribution in [0.3, 0.4) is 0 Å². The molecule has 1 aliphatic heterocycles. The minimum atomic E-state index is -4.17. The standard InChI is InChI=1S/C14H15F4N3/c15-13-6-11(8-19)5-12(7-13)9-20-1-3-21(4-2-20)10-14(16,17)18/h5-7H,1-4,9-10H2. The van der Waals surface area contributed by atoms with Gasteiger partial charge in [0.15, 0.2) is 0 Å². The molecule has 0 aliphatic carbocycles. The molecule has 0 radical (unpaired) electrons. The lowest BCUT2D eigenvalue weighted by Gasteiger charge is -2.35. The zero-order valence-electron chi connectivity index (χ0n) is 11.3. The zero-order valence-corrected chi connectivity index (χ0v) is 11.3. The topological polar surface area (TPSA) is 30.3 Å². The first-order valence-electron chi connectivity index (χ1n) is 6.57. The summed E-state index contributed by atoms with van der Waals surface area (Å²) in [7, 11) is 0. The van der Waals surface area contributed by atoms with Crippen molar-refractivity contribution in [2.75, 3.05) is 32.7 Å². The average Bonchev–Trinajstić information content (AvgIpc) is 2.38. The van der Waals surface area contributed by atoms with Crippen LogP contribution in [0.1, 0.15) is 11.1 Å². The van der Waals surface area contributed by atoms with Gasteiger partial charge in [-0.1, -0.05) is 0 Å². The molecule has 3 nitrogen and oxygen atoms in total. The van der Waals surface area contributed by atoms with Gasteiger partial charge >= 0.3 is 6.18 Å². The molecule has 1 aliphatic rings. The van der Waals surface area contributed by atoms with E-state index in [1.165, 1.54) is 11.0 Å². The number of alkyl halides is 3. The molecule has 0 atom stereocenters. The highest BCUT2D eigenvalue weighted by Crippen LogP contribution is 2.18. The van der Waals surface area contributed by atoms with Gasteiger partial charge in [-0.2, -0.15) is 18.4 Å². The monoisotopic (exact) mass is 301 g/mol. The number of piperazine rings is 1. The van der Waals surface area contributed by atoms with Gasteiger partial charge in [-0.25, -0.2) is 4.39 Å². The van der Waals surface area contributed by atoms with E-state index in [4.69, 9.17) is 5.26 Å². The predicted molar refractivity (Wildman–Crippen MR) is 68.9 cm³/mol. The molecular formula is C14H15F4N3.